The Balaban J connectivity index is 1.67. The highest BCUT2D eigenvalue weighted by atomic mass is 32.2. The van der Waals surface area contributed by atoms with Crippen LogP contribution in [0.4, 0.5) is 19.0 Å². The van der Waals surface area contributed by atoms with Gasteiger partial charge in [0.2, 0.25) is 10.0 Å². The zero-order valence-electron chi connectivity index (χ0n) is 13.0. The molecule has 134 valence electrons. The average molecular weight is 364 g/mol. The van der Waals surface area contributed by atoms with Gasteiger partial charge in [-0.2, -0.15) is 17.5 Å². The van der Waals surface area contributed by atoms with Crippen molar-refractivity contribution in [3.8, 4) is 0 Å². The fourth-order valence-corrected chi connectivity index (χ4v) is 4.87. The summed E-state index contributed by atoms with van der Waals surface area (Å²) in [4.78, 5) is 5.68. The molecule has 1 aromatic rings. The summed E-state index contributed by atoms with van der Waals surface area (Å²) in [7, 11) is -3.36. The maximum Gasteiger partial charge on any atom is 0.416 e. The molecule has 0 radical (unpaired) electrons. The van der Waals surface area contributed by atoms with Gasteiger partial charge in [0.15, 0.2) is 0 Å². The molecular weight excluding hydrogens is 345 g/mol. The Morgan fingerprint density at radius 2 is 1.92 bits per heavy atom. The highest BCUT2D eigenvalue weighted by Crippen LogP contribution is 2.31. The lowest BCUT2D eigenvalue weighted by atomic mass is 10.2. The first-order valence-corrected chi connectivity index (χ1v) is 9.27. The van der Waals surface area contributed by atoms with Gasteiger partial charge >= 0.3 is 6.18 Å². The van der Waals surface area contributed by atoms with Crippen molar-refractivity contribution in [2.45, 2.75) is 17.8 Å². The minimum atomic E-state index is -4.42. The smallest absolute Gasteiger partial charge is 0.354 e. The lowest BCUT2D eigenvalue weighted by Crippen LogP contribution is -2.51. The quantitative estimate of drug-likeness (QED) is 0.864. The van der Waals surface area contributed by atoms with Crippen LogP contribution in [0.5, 0.6) is 0 Å². The van der Waals surface area contributed by atoms with Gasteiger partial charge in [0.05, 0.1) is 10.8 Å². The number of sulfonamides is 1. The van der Waals surface area contributed by atoms with E-state index in [1.807, 2.05) is 0 Å². The summed E-state index contributed by atoms with van der Waals surface area (Å²) in [5, 5.41) is 2.63. The monoisotopic (exact) mass is 364 g/mol. The summed E-state index contributed by atoms with van der Waals surface area (Å²) >= 11 is 0. The molecule has 0 amide bonds. The molecular formula is C14H19F3N4O2S. The van der Waals surface area contributed by atoms with Crippen molar-refractivity contribution in [1.29, 1.82) is 0 Å². The summed E-state index contributed by atoms with van der Waals surface area (Å²) in [6.07, 6.45) is -2.69. The van der Waals surface area contributed by atoms with Crippen molar-refractivity contribution >= 4 is 15.8 Å². The number of alkyl halides is 3. The second-order valence-corrected chi connectivity index (χ2v) is 8.16. The van der Waals surface area contributed by atoms with Gasteiger partial charge in [-0.05, 0) is 25.1 Å². The predicted octanol–water partition coefficient (Wildman–Crippen LogP) is 0.914. The lowest BCUT2D eigenvalue weighted by molar-refractivity contribution is -0.137. The van der Waals surface area contributed by atoms with E-state index in [0.717, 1.165) is 18.3 Å². The number of hydrogen-bond acceptors (Lipinski definition) is 5. The predicted molar refractivity (Wildman–Crippen MR) is 83.2 cm³/mol. The number of piperazine rings is 1. The number of hydrogen-bond donors (Lipinski definition) is 1. The van der Waals surface area contributed by atoms with Crippen molar-refractivity contribution in [2.24, 2.45) is 0 Å². The fraction of sp³-hybridized carbons (Fsp3) is 0.643. The minimum absolute atomic E-state index is 0.226. The number of pyridine rings is 1. The van der Waals surface area contributed by atoms with Crippen LogP contribution < -0.4 is 10.2 Å². The molecule has 2 fully saturated rings. The molecule has 1 N–H and O–H groups in total. The Kier molecular flexibility index (Phi) is 4.71. The van der Waals surface area contributed by atoms with Crippen LogP contribution in [0.3, 0.4) is 0 Å². The Bertz CT molecular complexity index is 682. The van der Waals surface area contributed by atoms with Crippen molar-refractivity contribution in [1.82, 2.24) is 14.6 Å². The third-order valence-electron chi connectivity index (χ3n) is 4.43. The maximum absolute atomic E-state index is 12.8. The summed E-state index contributed by atoms with van der Waals surface area (Å²) in [5.74, 6) is 0.226. The van der Waals surface area contributed by atoms with Crippen LogP contribution in [-0.2, 0) is 16.2 Å². The molecule has 0 bridgehead atoms. The van der Waals surface area contributed by atoms with Crippen LogP contribution in [0.2, 0.25) is 0 Å². The van der Waals surface area contributed by atoms with Crippen molar-refractivity contribution < 1.29 is 21.6 Å². The van der Waals surface area contributed by atoms with E-state index >= 15 is 0 Å². The van der Waals surface area contributed by atoms with Gasteiger partial charge in [0, 0.05) is 38.9 Å². The number of anilines is 1. The van der Waals surface area contributed by atoms with E-state index < -0.39 is 27.0 Å². The zero-order chi connectivity index (χ0) is 17.4. The largest absolute Gasteiger partial charge is 0.416 e. The number of rotatable bonds is 3. The highest BCUT2D eigenvalue weighted by molar-refractivity contribution is 7.89. The van der Waals surface area contributed by atoms with Crippen LogP contribution >= 0.6 is 0 Å². The van der Waals surface area contributed by atoms with Gasteiger partial charge in [-0.1, -0.05) is 0 Å². The van der Waals surface area contributed by atoms with Gasteiger partial charge in [-0.3, -0.25) is 0 Å². The SMILES string of the molecule is O=S(=O)(C1CCNC1)N1CCN(c2cc(C(F)(F)F)ccn2)CC1. The van der Waals surface area contributed by atoms with Crippen LogP contribution in [0.1, 0.15) is 12.0 Å². The fourth-order valence-electron chi connectivity index (χ4n) is 3.03. The Morgan fingerprint density at radius 1 is 1.21 bits per heavy atom. The molecule has 10 heteroatoms. The van der Waals surface area contributed by atoms with E-state index in [1.54, 1.807) is 4.90 Å². The Labute approximate surface area is 138 Å². The van der Waals surface area contributed by atoms with Gasteiger partial charge in [-0.25, -0.2) is 13.4 Å². The van der Waals surface area contributed by atoms with E-state index in [2.05, 4.69) is 10.3 Å². The molecule has 3 rings (SSSR count). The zero-order valence-corrected chi connectivity index (χ0v) is 13.8. The first kappa shape index (κ1) is 17.4. The second kappa shape index (κ2) is 6.49. The molecule has 24 heavy (non-hydrogen) atoms. The third kappa shape index (κ3) is 3.50. The van der Waals surface area contributed by atoms with Gasteiger partial charge in [0.1, 0.15) is 5.82 Å². The molecule has 3 heterocycles. The molecule has 0 aliphatic carbocycles. The number of nitrogens with one attached hydrogen (secondary N) is 1. The normalized spacial score (nSPS) is 23.6. The van der Waals surface area contributed by atoms with E-state index in [-0.39, 0.29) is 18.9 Å². The summed E-state index contributed by atoms with van der Waals surface area (Å²) < 4.78 is 64.8. The van der Waals surface area contributed by atoms with E-state index in [1.165, 1.54) is 4.31 Å². The molecule has 0 aromatic carbocycles. The first-order chi connectivity index (χ1) is 11.3. The lowest BCUT2D eigenvalue weighted by Gasteiger charge is -2.36. The van der Waals surface area contributed by atoms with Gasteiger partial charge in [0.25, 0.3) is 0 Å². The van der Waals surface area contributed by atoms with E-state index in [9.17, 15) is 21.6 Å². The van der Waals surface area contributed by atoms with E-state index in [0.29, 0.717) is 32.6 Å². The molecule has 1 unspecified atom stereocenters. The standard InChI is InChI=1S/C14H19F3N4O2S/c15-14(16,17)11-1-4-19-13(9-11)20-5-7-21(8-6-20)24(22,23)12-2-3-18-10-12/h1,4,9,12,18H,2-3,5-8,10H2. The molecule has 2 aliphatic rings. The van der Waals surface area contributed by atoms with Gasteiger partial charge < -0.3 is 10.2 Å². The van der Waals surface area contributed by atoms with Crippen molar-refractivity contribution in [3.05, 3.63) is 23.9 Å². The minimum Gasteiger partial charge on any atom is -0.354 e. The molecule has 2 saturated heterocycles. The van der Waals surface area contributed by atoms with Gasteiger partial charge in [-0.15, -0.1) is 0 Å². The maximum atomic E-state index is 12.8. The third-order valence-corrected chi connectivity index (χ3v) is 6.76. The summed E-state index contributed by atoms with van der Waals surface area (Å²) in [5.41, 5.74) is -0.750. The number of aromatic nitrogens is 1. The van der Waals surface area contributed by atoms with Crippen LogP contribution in [0, 0.1) is 0 Å². The average Bonchev–Trinajstić information content (AvgIpc) is 3.10. The van der Waals surface area contributed by atoms with Crippen LogP contribution in [0.25, 0.3) is 0 Å². The molecule has 1 atom stereocenters. The van der Waals surface area contributed by atoms with Crippen molar-refractivity contribution in [2.75, 3.05) is 44.2 Å². The highest BCUT2D eigenvalue weighted by Gasteiger charge is 2.36. The number of halogens is 3. The van der Waals surface area contributed by atoms with E-state index in [4.69, 9.17) is 0 Å². The molecule has 2 aliphatic heterocycles. The molecule has 1 aromatic heterocycles. The summed E-state index contributed by atoms with van der Waals surface area (Å²) in [6, 6.07) is 1.93. The molecule has 0 spiro atoms. The molecule has 0 saturated carbocycles. The molecule has 6 nitrogen and oxygen atoms in total. The summed E-state index contributed by atoms with van der Waals surface area (Å²) in [6.45, 7) is 2.32. The van der Waals surface area contributed by atoms with Crippen molar-refractivity contribution in [3.63, 3.8) is 0 Å². The first-order valence-electron chi connectivity index (χ1n) is 7.76. The Morgan fingerprint density at radius 3 is 2.50 bits per heavy atom. The van der Waals surface area contributed by atoms with Crippen LogP contribution in [-0.4, -0.2) is 62.2 Å². The van der Waals surface area contributed by atoms with Crippen LogP contribution in [0.15, 0.2) is 18.3 Å². The topological polar surface area (TPSA) is 65.5 Å². The second-order valence-electron chi connectivity index (χ2n) is 5.95. The Hall–Kier alpha value is -1.39. The number of nitrogens with zero attached hydrogens (tertiary/aromatic N) is 3.